The van der Waals surface area contributed by atoms with Gasteiger partial charge < -0.3 is 9.47 Å². The van der Waals surface area contributed by atoms with E-state index in [0.29, 0.717) is 12.0 Å². The van der Waals surface area contributed by atoms with Crippen molar-refractivity contribution in [3.8, 4) is 0 Å². The third kappa shape index (κ3) is 2.72. The summed E-state index contributed by atoms with van der Waals surface area (Å²) in [6.07, 6.45) is 11.3. The van der Waals surface area contributed by atoms with E-state index in [4.69, 9.17) is 4.98 Å². The van der Waals surface area contributed by atoms with Crippen LogP contribution in [0.5, 0.6) is 0 Å². The largest absolute Gasteiger partial charge is 0.338 e. The van der Waals surface area contributed by atoms with Crippen LogP contribution >= 0.6 is 0 Å². The SMILES string of the molecule is Cc1cnc(C2CCC2)n1C1CCN(C(=O)c2ccncc2)CC1. The van der Waals surface area contributed by atoms with Crippen LogP contribution in [0.3, 0.4) is 0 Å². The molecule has 2 aromatic heterocycles. The number of pyridine rings is 1. The third-order valence-corrected chi connectivity index (χ3v) is 5.52. The van der Waals surface area contributed by atoms with Crippen LogP contribution < -0.4 is 0 Å². The van der Waals surface area contributed by atoms with E-state index in [9.17, 15) is 4.79 Å². The summed E-state index contributed by atoms with van der Waals surface area (Å²) in [6.45, 7) is 3.78. The fraction of sp³-hybridized carbons (Fsp3) is 0.526. The van der Waals surface area contributed by atoms with Crippen LogP contribution in [0.4, 0.5) is 0 Å². The molecule has 0 atom stereocenters. The van der Waals surface area contributed by atoms with E-state index in [2.05, 4.69) is 16.5 Å². The number of carbonyl (C=O) groups excluding carboxylic acids is 1. The van der Waals surface area contributed by atoms with Gasteiger partial charge in [0.25, 0.3) is 5.91 Å². The van der Waals surface area contributed by atoms with Crippen molar-refractivity contribution in [2.45, 2.75) is 51.0 Å². The monoisotopic (exact) mass is 324 g/mol. The highest BCUT2D eigenvalue weighted by Gasteiger charge is 2.30. The quantitative estimate of drug-likeness (QED) is 0.870. The van der Waals surface area contributed by atoms with Gasteiger partial charge in [0.05, 0.1) is 0 Å². The molecule has 0 spiro atoms. The van der Waals surface area contributed by atoms with E-state index in [1.54, 1.807) is 24.5 Å². The number of aromatic nitrogens is 3. The fourth-order valence-corrected chi connectivity index (χ4v) is 3.91. The maximum atomic E-state index is 12.6. The van der Waals surface area contributed by atoms with Gasteiger partial charge in [-0.05, 0) is 44.7 Å². The van der Waals surface area contributed by atoms with Crippen LogP contribution in [-0.4, -0.2) is 38.4 Å². The molecule has 2 aromatic rings. The maximum absolute atomic E-state index is 12.6. The van der Waals surface area contributed by atoms with Gasteiger partial charge in [-0.15, -0.1) is 0 Å². The van der Waals surface area contributed by atoms with E-state index in [1.807, 2.05) is 11.1 Å². The average molecular weight is 324 g/mol. The van der Waals surface area contributed by atoms with Gasteiger partial charge in [-0.3, -0.25) is 9.78 Å². The smallest absolute Gasteiger partial charge is 0.253 e. The molecule has 2 aliphatic rings. The van der Waals surface area contributed by atoms with Gasteiger partial charge in [0, 0.05) is 54.9 Å². The minimum atomic E-state index is 0.123. The molecule has 1 amide bonds. The fourth-order valence-electron chi connectivity index (χ4n) is 3.91. The molecular formula is C19H24N4O. The summed E-state index contributed by atoms with van der Waals surface area (Å²) in [5.41, 5.74) is 1.99. The highest BCUT2D eigenvalue weighted by Crippen LogP contribution is 2.38. The van der Waals surface area contributed by atoms with Crippen LogP contribution in [0, 0.1) is 6.92 Å². The molecule has 0 unspecified atom stereocenters. The second-order valence-electron chi connectivity index (χ2n) is 7.01. The molecule has 1 saturated heterocycles. The topological polar surface area (TPSA) is 51.0 Å². The van der Waals surface area contributed by atoms with Crippen molar-refractivity contribution in [2.75, 3.05) is 13.1 Å². The second kappa shape index (κ2) is 6.38. The molecule has 1 saturated carbocycles. The van der Waals surface area contributed by atoms with Gasteiger partial charge in [0.2, 0.25) is 0 Å². The standard InChI is InChI=1S/C19H24N4O/c1-14-13-21-18(15-3-2-4-15)23(14)17-7-11-22(12-8-17)19(24)16-5-9-20-10-6-16/h5-6,9-10,13,15,17H,2-4,7-8,11-12H2,1H3. The van der Waals surface area contributed by atoms with Crippen molar-refractivity contribution in [3.63, 3.8) is 0 Å². The predicted octanol–water partition coefficient (Wildman–Crippen LogP) is 3.33. The van der Waals surface area contributed by atoms with Crippen LogP contribution in [-0.2, 0) is 0 Å². The van der Waals surface area contributed by atoms with Crippen molar-refractivity contribution >= 4 is 5.91 Å². The summed E-state index contributed by atoms with van der Waals surface area (Å²) in [6, 6.07) is 4.07. The molecular weight excluding hydrogens is 300 g/mol. The second-order valence-corrected chi connectivity index (χ2v) is 7.01. The lowest BCUT2D eigenvalue weighted by Gasteiger charge is -2.35. The number of likely N-dealkylation sites (tertiary alicyclic amines) is 1. The summed E-state index contributed by atoms with van der Waals surface area (Å²) < 4.78 is 2.46. The van der Waals surface area contributed by atoms with Gasteiger partial charge in [-0.1, -0.05) is 6.42 Å². The van der Waals surface area contributed by atoms with Crippen molar-refractivity contribution in [2.24, 2.45) is 0 Å². The highest BCUT2D eigenvalue weighted by atomic mass is 16.2. The van der Waals surface area contributed by atoms with E-state index in [1.165, 1.54) is 30.8 Å². The lowest BCUT2D eigenvalue weighted by Crippen LogP contribution is -2.39. The summed E-state index contributed by atoms with van der Waals surface area (Å²) >= 11 is 0. The molecule has 4 rings (SSSR count). The van der Waals surface area contributed by atoms with E-state index < -0.39 is 0 Å². The normalized spacial score (nSPS) is 19.3. The van der Waals surface area contributed by atoms with Gasteiger partial charge in [0.1, 0.15) is 5.82 Å². The number of aryl methyl sites for hydroxylation is 1. The number of hydrogen-bond acceptors (Lipinski definition) is 3. The molecule has 5 heteroatoms. The molecule has 3 heterocycles. The van der Waals surface area contributed by atoms with Gasteiger partial charge in [-0.25, -0.2) is 4.98 Å². The number of amides is 1. The first-order valence-electron chi connectivity index (χ1n) is 8.97. The summed E-state index contributed by atoms with van der Waals surface area (Å²) in [5.74, 6) is 2.05. The molecule has 1 aliphatic heterocycles. The molecule has 1 aliphatic carbocycles. The molecule has 0 aromatic carbocycles. The van der Waals surface area contributed by atoms with Crippen molar-refractivity contribution < 1.29 is 4.79 Å². The maximum Gasteiger partial charge on any atom is 0.253 e. The molecule has 24 heavy (non-hydrogen) atoms. The van der Waals surface area contributed by atoms with Crippen LogP contribution in [0.25, 0.3) is 0 Å². The summed E-state index contributed by atoms with van der Waals surface area (Å²) in [4.78, 5) is 23.2. The Morgan fingerprint density at radius 2 is 1.83 bits per heavy atom. The number of rotatable bonds is 3. The molecule has 0 bridgehead atoms. The first-order chi connectivity index (χ1) is 11.7. The number of hydrogen-bond donors (Lipinski definition) is 0. The number of imidazole rings is 1. The Kier molecular flexibility index (Phi) is 4.08. The van der Waals surface area contributed by atoms with Gasteiger partial charge in [0.15, 0.2) is 0 Å². The Morgan fingerprint density at radius 3 is 2.46 bits per heavy atom. The Morgan fingerprint density at radius 1 is 1.12 bits per heavy atom. The van der Waals surface area contributed by atoms with Crippen molar-refractivity contribution in [1.82, 2.24) is 19.4 Å². The average Bonchev–Trinajstić information content (AvgIpc) is 2.95. The lowest BCUT2D eigenvalue weighted by molar-refractivity contribution is 0.0692. The molecule has 2 fully saturated rings. The summed E-state index contributed by atoms with van der Waals surface area (Å²) in [5, 5.41) is 0. The Labute approximate surface area is 142 Å². The zero-order valence-electron chi connectivity index (χ0n) is 14.2. The van der Waals surface area contributed by atoms with E-state index >= 15 is 0 Å². The van der Waals surface area contributed by atoms with Crippen molar-refractivity contribution in [3.05, 3.63) is 47.8 Å². The molecule has 0 N–H and O–H groups in total. The van der Waals surface area contributed by atoms with Crippen molar-refractivity contribution in [1.29, 1.82) is 0 Å². The van der Waals surface area contributed by atoms with Crippen LogP contribution in [0.15, 0.2) is 30.7 Å². The first kappa shape index (κ1) is 15.4. The Hall–Kier alpha value is -2.17. The first-order valence-corrected chi connectivity index (χ1v) is 8.97. The zero-order chi connectivity index (χ0) is 16.5. The molecule has 0 radical (unpaired) electrons. The summed E-state index contributed by atoms with van der Waals surface area (Å²) in [7, 11) is 0. The van der Waals surface area contributed by atoms with Crippen LogP contribution in [0.1, 0.15) is 65.9 Å². The van der Waals surface area contributed by atoms with Crippen LogP contribution in [0.2, 0.25) is 0 Å². The number of nitrogens with zero attached hydrogens (tertiary/aromatic N) is 4. The number of piperidine rings is 1. The van der Waals surface area contributed by atoms with E-state index in [0.717, 1.165) is 31.5 Å². The molecule has 126 valence electrons. The predicted molar refractivity (Wildman–Crippen MR) is 92.0 cm³/mol. The minimum absolute atomic E-state index is 0.123. The van der Waals surface area contributed by atoms with E-state index in [-0.39, 0.29) is 5.91 Å². The van der Waals surface area contributed by atoms with Gasteiger partial charge in [-0.2, -0.15) is 0 Å². The third-order valence-electron chi connectivity index (χ3n) is 5.52. The minimum Gasteiger partial charge on any atom is -0.338 e. The zero-order valence-corrected chi connectivity index (χ0v) is 14.2. The van der Waals surface area contributed by atoms with Gasteiger partial charge >= 0.3 is 0 Å². The highest BCUT2D eigenvalue weighted by molar-refractivity contribution is 5.94. The number of carbonyl (C=O) groups is 1. The Balaban J connectivity index is 1.45. The lowest BCUT2D eigenvalue weighted by atomic mass is 9.84. The molecule has 5 nitrogen and oxygen atoms in total. The Bertz CT molecular complexity index is 712.